The standard InChI is InChI=1S/C16H19F2NO/c1-11-10-19(15(20)16(7-8-16)14(17)18)9-6-12-4-2-3-5-13(11)12/h2-5,11,14H,6-10H2,1H3. The average Bonchev–Trinajstić information content (AvgIpc) is 3.24. The van der Waals surface area contributed by atoms with Gasteiger partial charge in [-0.25, -0.2) is 8.78 Å². The van der Waals surface area contributed by atoms with Crippen LogP contribution >= 0.6 is 0 Å². The third-order valence-electron chi connectivity index (χ3n) is 4.65. The second-order valence-corrected chi connectivity index (χ2v) is 6.06. The summed E-state index contributed by atoms with van der Waals surface area (Å²) in [6.45, 7) is 3.16. The molecule has 4 heteroatoms. The summed E-state index contributed by atoms with van der Waals surface area (Å²) >= 11 is 0. The van der Waals surface area contributed by atoms with E-state index in [0.29, 0.717) is 25.9 Å². The maximum absolute atomic E-state index is 13.1. The number of amides is 1. The Hall–Kier alpha value is -1.45. The molecule has 0 N–H and O–H groups in total. The molecule has 3 rings (SSSR count). The zero-order valence-electron chi connectivity index (χ0n) is 11.6. The molecule has 0 bridgehead atoms. The number of hydrogen-bond donors (Lipinski definition) is 0. The minimum Gasteiger partial charge on any atom is -0.341 e. The zero-order chi connectivity index (χ0) is 14.3. The third kappa shape index (κ3) is 2.11. The topological polar surface area (TPSA) is 20.3 Å². The summed E-state index contributed by atoms with van der Waals surface area (Å²) in [7, 11) is 0. The first-order valence-corrected chi connectivity index (χ1v) is 7.20. The van der Waals surface area contributed by atoms with Crippen molar-refractivity contribution in [2.75, 3.05) is 13.1 Å². The Morgan fingerprint density at radius 2 is 2.05 bits per heavy atom. The highest BCUT2D eigenvalue weighted by Crippen LogP contribution is 2.52. The smallest absolute Gasteiger partial charge is 0.252 e. The number of carbonyl (C=O) groups excluding carboxylic acids is 1. The Kier molecular flexibility index (Phi) is 3.27. The molecule has 1 aliphatic carbocycles. The summed E-state index contributed by atoms with van der Waals surface area (Å²) in [6, 6.07) is 8.13. The first-order valence-electron chi connectivity index (χ1n) is 7.20. The van der Waals surface area contributed by atoms with Crippen molar-refractivity contribution in [3.63, 3.8) is 0 Å². The van der Waals surface area contributed by atoms with Crippen molar-refractivity contribution in [1.82, 2.24) is 4.90 Å². The van der Waals surface area contributed by atoms with Gasteiger partial charge in [-0.3, -0.25) is 4.79 Å². The molecular formula is C16H19F2NO. The van der Waals surface area contributed by atoms with Crippen LogP contribution in [0.25, 0.3) is 0 Å². The molecule has 0 radical (unpaired) electrons. The Labute approximate surface area is 117 Å². The van der Waals surface area contributed by atoms with E-state index in [0.717, 1.165) is 6.42 Å². The van der Waals surface area contributed by atoms with Gasteiger partial charge in [0, 0.05) is 13.1 Å². The van der Waals surface area contributed by atoms with E-state index in [2.05, 4.69) is 19.1 Å². The molecule has 1 saturated carbocycles. The molecule has 20 heavy (non-hydrogen) atoms. The first kappa shape index (κ1) is 13.5. The van der Waals surface area contributed by atoms with E-state index in [1.807, 2.05) is 12.1 Å². The fraction of sp³-hybridized carbons (Fsp3) is 0.562. The highest BCUT2D eigenvalue weighted by molar-refractivity contribution is 5.86. The normalized spacial score (nSPS) is 24.2. The van der Waals surface area contributed by atoms with E-state index in [1.165, 1.54) is 11.1 Å². The Bertz CT molecular complexity index is 525. The summed E-state index contributed by atoms with van der Waals surface area (Å²) in [5.74, 6) is -0.140. The van der Waals surface area contributed by atoms with E-state index >= 15 is 0 Å². The fourth-order valence-corrected chi connectivity index (χ4v) is 3.18. The number of nitrogens with zero attached hydrogens (tertiary/aromatic N) is 1. The molecule has 1 atom stereocenters. The van der Waals surface area contributed by atoms with E-state index in [9.17, 15) is 13.6 Å². The van der Waals surface area contributed by atoms with E-state index < -0.39 is 11.8 Å². The monoisotopic (exact) mass is 279 g/mol. The van der Waals surface area contributed by atoms with Gasteiger partial charge >= 0.3 is 0 Å². The van der Waals surface area contributed by atoms with Gasteiger partial charge < -0.3 is 4.90 Å². The number of hydrogen-bond acceptors (Lipinski definition) is 1. The van der Waals surface area contributed by atoms with Crippen LogP contribution in [0.5, 0.6) is 0 Å². The average molecular weight is 279 g/mol. The van der Waals surface area contributed by atoms with Crippen molar-refractivity contribution in [3.8, 4) is 0 Å². The third-order valence-corrected chi connectivity index (χ3v) is 4.65. The molecule has 1 heterocycles. The predicted octanol–water partition coefficient (Wildman–Crippen LogP) is 3.22. The van der Waals surface area contributed by atoms with Crippen LogP contribution in [0.15, 0.2) is 24.3 Å². The molecular weight excluding hydrogens is 260 g/mol. The Morgan fingerprint density at radius 3 is 2.70 bits per heavy atom. The van der Waals surface area contributed by atoms with Gasteiger partial charge in [0.1, 0.15) is 5.41 Å². The van der Waals surface area contributed by atoms with Crippen molar-refractivity contribution in [2.45, 2.75) is 38.5 Å². The molecule has 1 aliphatic heterocycles. The van der Waals surface area contributed by atoms with Gasteiger partial charge in [-0.15, -0.1) is 0 Å². The summed E-state index contributed by atoms with van der Waals surface area (Å²) in [6.07, 6.45) is -1.11. The van der Waals surface area contributed by atoms with Crippen LogP contribution in [0, 0.1) is 5.41 Å². The molecule has 0 saturated heterocycles. The lowest BCUT2D eigenvalue weighted by atomic mass is 9.95. The highest BCUT2D eigenvalue weighted by atomic mass is 19.3. The molecule has 1 amide bonds. The van der Waals surface area contributed by atoms with Crippen LogP contribution in [0.1, 0.15) is 36.8 Å². The SMILES string of the molecule is CC1CN(C(=O)C2(C(F)F)CC2)CCc2ccccc21. The molecule has 2 nitrogen and oxygen atoms in total. The van der Waals surface area contributed by atoms with E-state index in [4.69, 9.17) is 0 Å². The van der Waals surface area contributed by atoms with Crippen LogP contribution < -0.4 is 0 Å². The second-order valence-electron chi connectivity index (χ2n) is 6.06. The van der Waals surface area contributed by atoms with E-state index in [1.54, 1.807) is 4.90 Å². The highest BCUT2D eigenvalue weighted by Gasteiger charge is 2.59. The van der Waals surface area contributed by atoms with Crippen LogP contribution in [-0.4, -0.2) is 30.3 Å². The zero-order valence-corrected chi connectivity index (χ0v) is 11.6. The summed E-state index contributed by atoms with van der Waals surface area (Å²) in [5.41, 5.74) is 1.11. The van der Waals surface area contributed by atoms with Crippen molar-refractivity contribution >= 4 is 5.91 Å². The molecule has 0 aromatic heterocycles. The Balaban J connectivity index is 1.80. The molecule has 1 unspecified atom stereocenters. The Morgan fingerprint density at radius 1 is 1.35 bits per heavy atom. The van der Waals surface area contributed by atoms with Gasteiger partial charge in [-0.2, -0.15) is 0 Å². The lowest BCUT2D eigenvalue weighted by Gasteiger charge is -2.27. The summed E-state index contributed by atoms with van der Waals surface area (Å²) in [4.78, 5) is 14.1. The molecule has 1 aromatic rings. The minimum absolute atomic E-state index is 0.200. The molecule has 0 spiro atoms. The number of benzene rings is 1. The van der Waals surface area contributed by atoms with Crippen molar-refractivity contribution < 1.29 is 13.6 Å². The van der Waals surface area contributed by atoms with Crippen molar-refractivity contribution in [2.24, 2.45) is 5.41 Å². The largest absolute Gasteiger partial charge is 0.341 e. The van der Waals surface area contributed by atoms with E-state index in [-0.39, 0.29) is 11.8 Å². The number of rotatable bonds is 2. The summed E-state index contributed by atoms with van der Waals surface area (Å²) in [5, 5.41) is 0. The van der Waals surface area contributed by atoms with Gasteiger partial charge in [-0.1, -0.05) is 31.2 Å². The molecule has 2 aliphatic rings. The second kappa shape index (κ2) is 4.83. The predicted molar refractivity (Wildman–Crippen MR) is 72.8 cm³/mol. The van der Waals surface area contributed by atoms with Gasteiger partial charge in [-0.05, 0) is 36.3 Å². The van der Waals surface area contributed by atoms with Gasteiger partial charge in [0.15, 0.2) is 0 Å². The first-order chi connectivity index (χ1) is 9.54. The lowest BCUT2D eigenvalue weighted by Crippen LogP contribution is -2.42. The molecule has 1 fully saturated rings. The lowest BCUT2D eigenvalue weighted by molar-refractivity contribution is -0.143. The van der Waals surface area contributed by atoms with Gasteiger partial charge in [0.05, 0.1) is 0 Å². The number of alkyl halides is 2. The fourth-order valence-electron chi connectivity index (χ4n) is 3.18. The van der Waals surface area contributed by atoms with Crippen molar-refractivity contribution in [1.29, 1.82) is 0 Å². The summed E-state index contributed by atoms with van der Waals surface area (Å²) < 4.78 is 26.2. The van der Waals surface area contributed by atoms with Gasteiger partial charge in [0.25, 0.3) is 6.43 Å². The molecule has 1 aromatic carbocycles. The van der Waals surface area contributed by atoms with Crippen LogP contribution in [-0.2, 0) is 11.2 Å². The number of carbonyl (C=O) groups is 1. The number of halogens is 2. The quantitative estimate of drug-likeness (QED) is 0.814. The minimum atomic E-state index is -2.53. The van der Waals surface area contributed by atoms with Crippen LogP contribution in [0.2, 0.25) is 0 Å². The maximum Gasteiger partial charge on any atom is 0.252 e. The van der Waals surface area contributed by atoms with Crippen molar-refractivity contribution in [3.05, 3.63) is 35.4 Å². The van der Waals surface area contributed by atoms with Crippen LogP contribution in [0.4, 0.5) is 8.78 Å². The van der Waals surface area contributed by atoms with Gasteiger partial charge in [0.2, 0.25) is 5.91 Å². The maximum atomic E-state index is 13.1. The van der Waals surface area contributed by atoms with Crippen LogP contribution in [0.3, 0.4) is 0 Å². The molecule has 108 valence electrons. The number of fused-ring (bicyclic) bond motifs is 1.